The number of carboxylic acids is 1. The Bertz CT molecular complexity index is 838. The van der Waals surface area contributed by atoms with Crippen LogP contribution in [0.5, 0.6) is 0 Å². The Hall–Kier alpha value is -2.53. The van der Waals surface area contributed by atoms with E-state index in [0.717, 1.165) is 25.2 Å². The number of aromatic carboxylic acids is 1. The quantitative estimate of drug-likeness (QED) is 0.827. The van der Waals surface area contributed by atoms with Crippen molar-refractivity contribution in [1.82, 2.24) is 0 Å². The molecule has 1 aliphatic rings. The van der Waals surface area contributed by atoms with Gasteiger partial charge in [0.2, 0.25) is 0 Å². The highest BCUT2D eigenvalue weighted by Gasteiger charge is 2.20. The van der Waals surface area contributed by atoms with Crippen LogP contribution in [-0.4, -0.2) is 30.1 Å². The van der Waals surface area contributed by atoms with Crippen molar-refractivity contribution in [3.63, 3.8) is 0 Å². The molecule has 1 heterocycles. The Balaban J connectivity index is 1.86. The van der Waals surface area contributed by atoms with Crippen LogP contribution in [-0.2, 0) is 0 Å². The van der Waals surface area contributed by atoms with Gasteiger partial charge in [-0.25, -0.2) is 4.79 Å². The lowest BCUT2D eigenvalue weighted by atomic mass is 9.99. The Morgan fingerprint density at radius 1 is 1.19 bits per heavy atom. The number of hydrogen-bond acceptors (Lipinski definition) is 3. The second-order valence-corrected chi connectivity index (χ2v) is 7.07. The van der Waals surface area contributed by atoms with Gasteiger partial charge in [-0.1, -0.05) is 30.7 Å². The molecule has 1 amide bonds. The Morgan fingerprint density at radius 3 is 2.65 bits per heavy atom. The molecule has 0 radical (unpaired) electrons. The molecule has 2 N–H and O–H groups in total. The molecule has 26 heavy (non-hydrogen) atoms. The SMILES string of the molecule is C[C@@H]1CCCN(c2ccc(NC(=O)c3ccccc3Cl)c(C(=O)O)c2)C1. The zero-order valence-corrected chi connectivity index (χ0v) is 15.3. The van der Waals surface area contributed by atoms with Gasteiger partial charge < -0.3 is 15.3 Å². The van der Waals surface area contributed by atoms with Crippen LogP contribution in [0.1, 0.15) is 40.5 Å². The zero-order chi connectivity index (χ0) is 18.7. The van der Waals surface area contributed by atoms with Crippen LogP contribution in [0, 0.1) is 5.92 Å². The third-order valence-corrected chi connectivity index (χ3v) is 4.95. The molecule has 1 aliphatic heterocycles. The first kappa shape index (κ1) is 18.3. The third kappa shape index (κ3) is 3.99. The van der Waals surface area contributed by atoms with Crippen LogP contribution in [0.25, 0.3) is 0 Å². The number of rotatable bonds is 4. The van der Waals surface area contributed by atoms with Crippen LogP contribution in [0.3, 0.4) is 0 Å². The molecule has 0 spiro atoms. The van der Waals surface area contributed by atoms with Gasteiger partial charge in [-0.2, -0.15) is 0 Å². The van der Waals surface area contributed by atoms with Gasteiger partial charge in [-0.15, -0.1) is 0 Å². The largest absolute Gasteiger partial charge is 0.478 e. The molecule has 2 aromatic rings. The van der Waals surface area contributed by atoms with Crippen molar-refractivity contribution in [3.05, 3.63) is 58.6 Å². The molecule has 5 nitrogen and oxygen atoms in total. The summed E-state index contributed by atoms with van der Waals surface area (Å²) in [5.74, 6) is -0.930. The van der Waals surface area contributed by atoms with E-state index in [4.69, 9.17) is 11.6 Å². The number of hydrogen-bond donors (Lipinski definition) is 2. The summed E-state index contributed by atoms with van der Waals surface area (Å²) >= 11 is 6.04. The minimum atomic E-state index is -1.08. The summed E-state index contributed by atoms with van der Waals surface area (Å²) in [5.41, 5.74) is 1.50. The summed E-state index contributed by atoms with van der Waals surface area (Å²) in [6, 6.07) is 11.8. The maximum atomic E-state index is 12.4. The number of halogens is 1. The summed E-state index contributed by atoms with van der Waals surface area (Å²) in [5, 5.41) is 12.6. The van der Waals surface area contributed by atoms with E-state index in [0.29, 0.717) is 16.5 Å². The average molecular weight is 373 g/mol. The maximum Gasteiger partial charge on any atom is 0.337 e. The molecular formula is C20H21ClN2O3. The van der Waals surface area contributed by atoms with Crippen molar-refractivity contribution in [2.24, 2.45) is 5.92 Å². The first-order chi connectivity index (χ1) is 12.5. The van der Waals surface area contributed by atoms with Crippen molar-refractivity contribution in [3.8, 4) is 0 Å². The summed E-state index contributed by atoms with van der Waals surface area (Å²) in [4.78, 5) is 26.3. The van der Waals surface area contributed by atoms with Crippen molar-refractivity contribution in [1.29, 1.82) is 0 Å². The lowest BCUT2D eigenvalue weighted by Crippen LogP contribution is -2.34. The molecule has 1 atom stereocenters. The molecule has 0 aromatic heterocycles. The van der Waals surface area contributed by atoms with E-state index in [9.17, 15) is 14.7 Å². The Labute approximate surface area is 157 Å². The topological polar surface area (TPSA) is 69.6 Å². The summed E-state index contributed by atoms with van der Waals surface area (Å²) in [6.07, 6.45) is 2.28. The van der Waals surface area contributed by atoms with Crippen molar-refractivity contribution < 1.29 is 14.7 Å². The first-order valence-electron chi connectivity index (χ1n) is 8.64. The number of piperidine rings is 1. The fraction of sp³-hybridized carbons (Fsp3) is 0.300. The molecule has 0 unspecified atom stereocenters. The van der Waals surface area contributed by atoms with Gasteiger partial charge in [0.1, 0.15) is 0 Å². The van der Waals surface area contributed by atoms with Gasteiger partial charge >= 0.3 is 5.97 Å². The fourth-order valence-electron chi connectivity index (χ4n) is 3.27. The number of benzene rings is 2. The van der Waals surface area contributed by atoms with Crippen LogP contribution in [0.2, 0.25) is 5.02 Å². The van der Waals surface area contributed by atoms with E-state index in [1.165, 1.54) is 6.42 Å². The van der Waals surface area contributed by atoms with Crippen molar-refractivity contribution in [2.45, 2.75) is 19.8 Å². The first-order valence-corrected chi connectivity index (χ1v) is 9.01. The van der Waals surface area contributed by atoms with Gasteiger partial charge in [0, 0.05) is 18.8 Å². The molecule has 6 heteroatoms. The number of nitrogens with zero attached hydrogens (tertiary/aromatic N) is 1. The van der Waals surface area contributed by atoms with Gasteiger partial charge in [-0.05, 0) is 49.1 Å². The van der Waals surface area contributed by atoms with Crippen molar-refractivity contribution in [2.75, 3.05) is 23.3 Å². The van der Waals surface area contributed by atoms with Crippen LogP contribution < -0.4 is 10.2 Å². The standard InChI is InChI=1S/C20H21ClN2O3/c1-13-5-4-10-23(12-13)14-8-9-18(16(11-14)20(25)26)22-19(24)15-6-2-3-7-17(15)21/h2-3,6-9,11,13H,4-5,10,12H2,1H3,(H,22,24)(H,25,26)/t13-/m1/s1. The zero-order valence-electron chi connectivity index (χ0n) is 14.5. The molecular weight excluding hydrogens is 352 g/mol. The number of carbonyl (C=O) groups is 2. The smallest absolute Gasteiger partial charge is 0.337 e. The van der Waals surface area contributed by atoms with Crippen LogP contribution >= 0.6 is 11.6 Å². The highest BCUT2D eigenvalue weighted by Crippen LogP contribution is 2.28. The number of carboxylic acid groups (broad SMARTS) is 1. The summed E-state index contributed by atoms with van der Waals surface area (Å²) in [7, 11) is 0. The highest BCUT2D eigenvalue weighted by atomic mass is 35.5. The summed E-state index contributed by atoms with van der Waals surface area (Å²) in [6.45, 7) is 4.02. The molecule has 2 aromatic carbocycles. The number of anilines is 2. The molecule has 1 saturated heterocycles. The van der Waals surface area contributed by atoms with Gasteiger partial charge in [0.15, 0.2) is 0 Å². The molecule has 0 bridgehead atoms. The predicted molar refractivity (Wildman–Crippen MR) is 103 cm³/mol. The van der Waals surface area contributed by atoms with E-state index < -0.39 is 11.9 Å². The third-order valence-electron chi connectivity index (χ3n) is 4.62. The maximum absolute atomic E-state index is 12.4. The Morgan fingerprint density at radius 2 is 1.96 bits per heavy atom. The minimum Gasteiger partial charge on any atom is -0.478 e. The molecule has 136 valence electrons. The molecule has 0 saturated carbocycles. The second kappa shape index (κ2) is 7.79. The lowest BCUT2D eigenvalue weighted by molar-refractivity contribution is 0.0698. The number of carbonyl (C=O) groups excluding carboxylic acids is 1. The average Bonchev–Trinajstić information content (AvgIpc) is 2.62. The van der Waals surface area contributed by atoms with E-state index in [2.05, 4.69) is 17.1 Å². The molecule has 3 rings (SSSR count). The fourth-order valence-corrected chi connectivity index (χ4v) is 3.50. The van der Waals surface area contributed by atoms with E-state index in [-0.39, 0.29) is 11.3 Å². The van der Waals surface area contributed by atoms with E-state index in [1.807, 2.05) is 6.07 Å². The Kier molecular flexibility index (Phi) is 5.47. The van der Waals surface area contributed by atoms with Gasteiger partial charge in [0.25, 0.3) is 5.91 Å². The second-order valence-electron chi connectivity index (χ2n) is 6.66. The summed E-state index contributed by atoms with van der Waals surface area (Å²) < 4.78 is 0. The van der Waals surface area contributed by atoms with E-state index >= 15 is 0 Å². The van der Waals surface area contributed by atoms with Crippen molar-refractivity contribution >= 4 is 34.9 Å². The van der Waals surface area contributed by atoms with Gasteiger partial charge in [-0.3, -0.25) is 4.79 Å². The van der Waals surface area contributed by atoms with Crippen LogP contribution in [0.15, 0.2) is 42.5 Å². The monoisotopic (exact) mass is 372 g/mol. The minimum absolute atomic E-state index is 0.0705. The number of nitrogens with one attached hydrogen (secondary N) is 1. The predicted octanol–water partition coefficient (Wildman–Crippen LogP) is 4.53. The number of amides is 1. The highest BCUT2D eigenvalue weighted by molar-refractivity contribution is 6.34. The van der Waals surface area contributed by atoms with Gasteiger partial charge in [0.05, 0.1) is 21.8 Å². The molecule has 1 fully saturated rings. The molecule has 0 aliphatic carbocycles. The van der Waals surface area contributed by atoms with E-state index in [1.54, 1.807) is 36.4 Å². The van der Waals surface area contributed by atoms with Crippen LogP contribution in [0.4, 0.5) is 11.4 Å². The normalized spacial score (nSPS) is 17.0. The lowest BCUT2D eigenvalue weighted by Gasteiger charge is -2.33.